The molecule has 1 rings (SSSR count). The zero-order chi connectivity index (χ0) is 21.7. The van der Waals surface area contributed by atoms with Crippen LogP contribution < -0.4 is 27.6 Å². The van der Waals surface area contributed by atoms with Crippen molar-refractivity contribution in [3.8, 4) is 0 Å². The van der Waals surface area contributed by atoms with E-state index in [-0.39, 0.29) is 51.1 Å². The fourth-order valence-electron chi connectivity index (χ4n) is 2.31. The molecule has 29 heavy (non-hydrogen) atoms. The Morgan fingerprint density at radius 3 is 2.10 bits per heavy atom. The zero-order valence-electron chi connectivity index (χ0n) is 16.0. The quantitative estimate of drug-likeness (QED) is 0.148. The van der Waals surface area contributed by atoms with Gasteiger partial charge in [-0.15, -0.1) is 0 Å². The van der Waals surface area contributed by atoms with Gasteiger partial charge >= 0.3 is 20.4 Å². The fourth-order valence-corrected chi connectivity index (χ4v) is 2.53. The summed E-state index contributed by atoms with van der Waals surface area (Å²) >= 11 is 4.67. The normalized spacial score (nSPS) is 20.0. The van der Waals surface area contributed by atoms with Crippen LogP contribution in [-0.4, -0.2) is 65.3 Å². The molecule has 1 aliphatic carbocycles. The number of amides is 2. The standard InChI is InChI=1S/C10H17N3O6S.C6H14N2.Pd/c11-5(10(18)19)1-2-7(14)13-6(4-20)9(17)12-3-8(15)16;7-5-3-1-2-4-6(5)8;/h5-6H,1-4,11H2,(H5,12,13,14,15,16,17,18,19,20);5-6H,1-4,7-8H2;/q;;+2/p-2/t2*5-,6-;/m01./s1. The van der Waals surface area contributed by atoms with E-state index in [9.17, 15) is 24.3 Å². The van der Waals surface area contributed by atoms with Gasteiger partial charge in [-0.3, -0.25) is 9.59 Å². The molecule has 11 nitrogen and oxygen atoms in total. The fraction of sp³-hybridized carbons (Fsp3) is 0.750. The number of hydrogen-bond acceptors (Lipinski definition) is 8. The van der Waals surface area contributed by atoms with Gasteiger partial charge in [0.25, 0.3) is 5.97 Å². The van der Waals surface area contributed by atoms with Crippen molar-refractivity contribution in [2.45, 2.75) is 62.7 Å². The van der Waals surface area contributed by atoms with Gasteiger partial charge in [0.15, 0.2) is 0 Å². The first-order valence-electron chi connectivity index (χ1n) is 8.94. The van der Waals surface area contributed by atoms with Crippen LogP contribution in [0.15, 0.2) is 0 Å². The van der Waals surface area contributed by atoms with Crippen LogP contribution in [-0.2, 0) is 52.2 Å². The van der Waals surface area contributed by atoms with Crippen LogP contribution in [0.2, 0.25) is 0 Å². The van der Waals surface area contributed by atoms with E-state index in [1.807, 2.05) is 0 Å². The third-order valence-electron chi connectivity index (χ3n) is 4.10. The summed E-state index contributed by atoms with van der Waals surface area (Å²) in [7, 11) is 0. The molecule has 4 atom stereocenters. The third-order valence-corrected chi connectivity index (χ3v) is 4.43. The molecule has 0 spiro atoms. The maximum Gasteiger partial charge on any atom is 2.00 e. The van der Waals surface area contributed by atoms with Gasteiger partial charge in [0.05, 0.1) is 11.9 Å². The molecule has 0 aliphatic heterocycles. The number of carboxylic acid groups (broad SMARTS) is 2. The molecule has 2 amide bonds. The van der Waals surface area contributed by atoms with Crippen molar-refractivity contribution in [3.05, 3.63) is 5.32 Å². The van der Waals surface area contributed by atoms with Crippen LogP contribution in [0.4, 0.5) is 0 Å². The second-order valence-corrected chi connectivity index (χ2v) is 6.84. The predicted octanol–water partition coefficient (Wildman–Crippen LogP) is -3.64. The number of nitrogens with zero attached hydrogens (tertiary/aromatic N) is 1. The van der Waals surface area contributed by atoms with E-state index in [1.54, 1.807) is 0 Å². The summed E-state index contributed by atoms with van der Waals surface area (Å²) in [5.41, 5.74) is 14.6. The molecule has 0 heterocycles. The molecular formula is C16H29N5O6PdS. The van der Waals surface area contributed by atoms with Gasteiger partial charge in [0, 0.05) is 31.0 Å². The molecule has 1 saturated carbocycles. The Hall–Kier alpha value is -1.23. The van der Waals surface area contributed by atoms with Crippen LogP contribution in [0.1, 0.15) is 38.5 Å². The van der Waals surface area contributed by atoms with E-state index in [4.69, 9.17) is 16.6 Å². The van der Waals surface area contributed by atoms with Crippen molar-refractivity contribution < 1.29 is 55.5 Å². The number of aliphatic carboxylic acids is 2. The molecule has 0 aromatic heterocycles. The molecule has 0 saturated heterocycles. The molecule has 0 aromatic carbocycles. The molecule has 9 N–H and O–H groups in total. The maximum atomic E-state index is 11.5. The van der Waals surface area contributed by atoms with Crippen molar-refractivity contribution in [2.24, 2.45) is 11.5 Å². The van der Waals surface area contributed by atoms with E-state index in [0.717, 1.165) is 12.8 Å². The number of carbonyl (C=O) groups excluding carboxylic acids is 3. The smallest absolute Gasteiger partial charge is 0.790 e. The van der Waals surface area contributed by atoms with Gasteiger partial charge in [-0.1, -0.05) is 12.8 Å². The molecular weight excluding hydrogens is 497 g/mol. The molecule has 0 aromatic rings. The van der Waals surface area contributed by atoms with E-state index in [2.05, 4.69) is 29.0 Å². The number of nitrogens with one attached hydrogen (secondary N) is 1. The number of hydrogen-bond donors (Lipinski definition) is 5. The van der Waals surface area contributed by atoms with Gasteiger partial charge in [-0.05, 0) is 19.4 Å². The van der Waals surface area contributed by atoms with Crippen molar-refractivity contribution >= 4 is 36.4 Å². The number of carbonyl (C=O) groups is 4. The van der Waals surface area contributed by atoms with Gasteiger partial charge in [-0.25, -0.2) is 0 Å². The second-order valence-electron chi connectivity index (χ2n) is 6.50. The van der Waals surface area contributed by atoms with Crippen LogP contribution in [0.5, 0.6) is 0 Å². The molecule has 1 fully saturated rings. The van der Waals surface area contributed by atoms with E-state index >= 15 is 0 Å². The van der Waals surface area contributed by atoms with Gasteiger partial charge < -0.3 is 60.3 Å². The summed E-state index contributed by atoms with van der Waals surface area (Å²) in [5.74, 6) is -4.23. The van der Waals surface area contributed by atoms with E-state index in [0.29, 0.717) is 0 Å². The van der Waals surface area contributed by atoms with Gasteiger partial charge in [0.1, 0.15) is 6.04 Å². The number of rotatable bonds is 9. The Kier molecular flexibility index (Phi) is 17.1. The average Bonchev–Trinajstić information content (AvgIpc) is 2.64. The summed E-state index contributed by atoms with van der Waals surface area (Å²) in [6.45, 7) is -0.702. The predicted molar refractivity (Wildman–Crippen MR) is 100 cm³/mol. The summed E-state index contributed by atoms with van der Waals surface area (Å²) in [5, 5.41) is 24.3. The Bertz CT molecular complexity index is 532. The van der Waals surface area contributed by atoms with Crippen LogP contribution in [0.3, 0.4) is 0 Å². The third kappa shape index (κ3) is 14.4. The van der Waals surface area contributed by atoms with E-state index < -0.39 is 42.4 Å². The Balaban J connectivity index is 0. The Labute approximate surface area is 189 Å². The minimum atomic E-state index is -1.37. The van der Waals surface area contributed by atoms with Crippen molar-refractivity contribution in [1.29, 1.82) is 0 Å². The first-order valence-corrected chi connectivity index (χ1v) is 9.51. The second kappa shape index (κ2) is 16.6. The number of quaternary nitrogens is 1. The maximum absolute atomic E-state index is 11.5. The van der Waals surface area contributed by atoms with Gasteiger partial charge in [-0.2, -0.15) is 5.75 Å². The SMILES string of the molecule is N[C@@H]1CCCC[C@H]1N.[NH3+][C@@H](CCC(=O)N[C@@H](C[S-])C(=O)[N-]CC(=O)O)C(=O)[O-].[Pd+2]. The molecule has 170 valence electrons. The Morgan fingerprint density at radius 2 is 1.72 bits per heavy atom. The van der Waals surface area contributed by atoms with Crippen molar-refractivity contribution in [3.63, 3.8) is 0 Å². The number of carboxylic acids is 2. The first kappa shape index (κ1) is 30.0. The molecule has 13 heteroatoms. The Morgan fingerprint density at radius 1 is 1.21 bits per heavy atom. The summed E-state index contributed by atoms with van der Waals surface area (Å²) in [6, 6.07) is -1.56. The number of nitrogens with two attached hydrogens (primary N) is 2. The zero-order valence-corrected chi connectivity index (χ0v) is 18.4. The van der Waals surface area contributed by atoms with Crippen molar-refractivity contribution in [2.75, 3.05) is 12.3 Å². The summed E-state index contributed by atoms with van der Waals surface area (Å²) in [6.07, 6.45) is 4.59. The van der Waals surface area contributed by atoms with Crippen LogP contribution in [0, 0.1) is 0 Å². The molecule has 0 unspecified atom stereocenters. The minimum absolute atomic E-state index is 0. The first-order chi connectivity index (χ1) is 13.1. The van der Waals surface area contributed by atoms with Crippen LogP contribution in [0.25, 0.3) is 5.32 Å². The molecule has 0 bridgehead atoms. The topological polar surface area (TPSA) is 217 Å². The summed E-state index contributed by atoms with van der Waals surface area (Å²) in [4.78, 5) is 43.6. The molecule has 0 radical (unpaired) electrons. The summed E-state index contributed by atoms with van der Waals surface area (Å²) < 4.78 is 0. The van der Waals surface area contributed by atoms with Gasteiger partial charge in [0.2, 0.25) is 5.91 Å². The average molecular weight is 526 g/mol. The largest absolute Gasteiger partial charge is 2.00 e. The van der Waals surface area contributed by atoms with Crippen molar-refractivity contribution in [1.82, 2.24) is 5.32 Å². The molecule has 1 aliphatic rings. The minimum Gasteiger partial charge on any atom is -0.790 e. The van der Waals surface area contributed by atoms with Crippen LogP contribution >= 0.6 is 0 Å². The van der Waals surface area contributed by atoms with E-state index in [1.165, 1.54) is 12.8 Å². The monoisotopic (exact) mass is 525 g/mol.